The van der Waals surface area contributed by atoms with E-state index in [4.69, 9.17) is 17.0 Å². The van der Waals surface area contributed by atoms with Crippen LogP contribution in [0.3, 0.4) is 0 Å². The van der Waals surface area contributed by atoms with Crippen molar-refractivity contribution in [2.24, 2.45) is 4.99 Å². The molecule has 1 aliphatic rings. The Morgan fingerprint density at radius 2 is 1.77 bits per heavy atom. The van der Waals surface area contributed by atoms with Crippen LogP contribution in [0.2, 0.25) is 0 Å². The Hall–Kier alpha value is -4.01. The Kier molecular flexibility index (Phi) is 6.79. The van der Waals surface area contributed by atoms with Gasteiger partial charge in [0.1, 0.15) is 22.0 Å². The van der Waals surface area contributed by atoms with Crippen LogP contribution in [0, 0.1) is 0 Å². The van der Waals surface area contributed by atoms with Gasteiger partial charge in [-0.25, -0.2) is 14.4 Å². The van der Waals surface area contributed by atoms with Crippen molar-refractivity contribution >= 4 is 127 Å². The molecule has 3 aromatic carbocycles. The average molecular weight is 670 g/mol. The van der Waals surface area contributed by atoms with Crippen molar-refractivity contribution in [3.63, 3.8) is 0 Å². The predicted octanol–water partition coefficient (Wildman–Crippen LogP) is 8.84. The SMILES string of the molecule is CCN1C(=O)/C(=N\c2ccc(-c3cc4c(s3)c3sc5ccccc5c3n4C(=O)OCc3ccccc3)c3nsnc23)SC1=S. The summed E-state index contributed by atoms with van der Waals surface area (Å²) in [5.74, 6) is -0.198. The molecule has 1 aliphatic heterocycles. The summed E-state index contributed by atoms with van der Waals surface area (Å²) < 4.78 is 20.3. The molecule has 0 radical (unpaired) electrons. The smallest absolute Gasteiger partial charge is 0.419 e. The number of aliphatic imine (C=N–C) groups is 1. The van der Waals surface area contributed by atoms with Gasteiger partial charge in [-0.15, -0.1) is 22.7 Å². The fourth-order valence-corrected chi connectivity index (χ4v) is 9.66. The summed E-state index contributed by atoms with van der Waals surface area (Å²) in [4.78, 5) is 33.7. The molecule has 5 heterocycles. The highest BCUT2D eigenvalue weighted by Crippen LogP contribution is 2.47. The second kappa shape index (κ2) is 10.9. The molecule has 0 aliphatic carbocycles. The number of hydrogen-bond acceptors (Lipinski definition) is 11. The van der Waals surface area contributed by atoms with Gasteiger partial charge in [-0.1, -0.05) is 60.7 Å². The van der Waals surface area contributed by atoms with Crippen LogP contribution in [-0.4, -0.2) is 46.1 Å². The van der Waals surface area contributed by atoms with Crippen molar-refractivity contribution in [1.82, 2.24) is 18.2 Å². The van der Waals surface area contributed by atoms with Gasteiger partial charge in [0, 0.05) is 27.1 Å². The molecule has 0 spiro atoms. The first-order valence-corrected chi connectivity index (χ1v) is 17.1. The minimum atomic E-state index is -0.425. The van der Waals surface area contributed by atoms with E-state index < -0.39 is 6.09 Å². The number of benzene rings is 3. The standard InChI is InChI=1S/C31H19N5O3S5/c1-2-35-29(37)28(43-31(35)40)32-19-13-12-17(23-24(19)34-44-33-23)22-14-20-26(42-22)27-25(18-10-6-7-11-21(18)41-27)36(20)30(38)39-15-16-8-4-3-5-9-16/h3-14H,2,15H2,1H3/b32-28+. The van der Waals surface area contributed by atoms with Crippen molar-refractivity contribution in [3.8, 4) is 10.4 Å². The Bertz CT molecular complexity index is 2330. The number of rotatable bonds is 5. The summed E-state index contributed by atoms with van der Waals surface area (Å²) in [5, 5.41) is 1.35. The van der Waals surface area contributed by atoms with Crippen LogP contribution >= 0.6 is 58.4 Å². The average Bonchev–Trinajstić information content (AvgIpc) is 3.85. The summed E-state index contributed by atoms with van der Waals surface area (Å²) in [6.45, 7) is 2.56. The van der Waals surface area contributed by atoms with Crippen LogP contribution in [0.4, 0.5) is 10.5 Å². The van der Waals surface area contributed by atoms with E-state index in [1.165, 1.54) is 16.7 Å². The Morgan fingerprint density at radius 3 is 2.59 bits per heavy atom. The molecule has 44 heavy (non-hydrogen) atoms. The number of ether oxygens (including phenoxy) is 1. The maximum atomic E-state index is 13.7. The second-order valence-electron chi connectivity index (χ2n) is 9.90. The van der Waals surface area contributed by atoms with Crippen LogP contribution in [0.1, 0.15) is 12.5 Å². The van der Waals surface area contributed by atoms with Gasteiger partial charge in [-0.05, 0) is 48.5 Å². The lowest BCUT2D eigenvalue weighted by Gasteiger charge is -2.09. The fraction of sp³-hybridized carbons (Fsp3) is 0.0968. The van der Waals surface area contributed by atoms with Crippen LogP contribution < -0.4 is 0 Å². The van der Waals surface area contributed by atoms with E-state index in [0.717, 1.165) is 58.3 Å². The zero-order valence-corrected chi connectivity index (χ0v) is 26.9. The number of amides is 1. The molecule has 7 aromatic rings. The first-order chi connectivity index (χ1) is 21.5. The monoisotopic (exact) mass is 669 g/mol. The summed E-state index contributed by atoms with van der Waals surface area (Å²) in [7, 11) is 0. The Morgan fingerprint density at radius 1 is 0.977 bits per heavy atom. The zero-order chi connectivity index (χ0) is 29.9. The topological polar surface area (TPSA) is 89.7 Å². The second-order valence-corrected chi connectivity index (χ2v) is 14.2. The molecule has 0 bridgehead atoms. The highest BCUT2D eigenvalue weighted by molar-refractivity contribution is 8.35. The molecule has 8 rings (SSSR count). The molecule has 8 nitrogen and oxygen atoms in total. The maximum absolute atomic E-state index is 13.7. The minimum Gasteiger partial charge on any atom is -0.444 e. The molecule has 0 atom stereocenters. The van der Waals surface area contributed by atoms with Crippen molar-refractivity contribution in [2.45, 2.75) is 13.5 Å². The summed E-state index contributed by atoms with van der Waals surface area (Å²) in [5.41, 5.74) is 5.33. The largest absolute Gasteiger partial charge is 0.444 e. The van der Waals surface area contributed by atoms with E-state index in [0.29, 0.717) is 32.6 Å². The van der Waals surface area contributed by atoms with Crippen LogP contribution in [0.15, 0.2) is 77.8 Å². The quantitative estimate of drug-likeness (QED) is 0.169. The molecule has 1 fully saturated rings. The van der Waals surface area contributed by atoms with Gasteiger partial charge in [0.15, 0.2) is 5.04 Å². The van der Waals surface area contributed by atoms with Gasteiger partial charge in [0.2, 0.25) is 0 Å². The van der Waals surface area contributed by atoms with Gasteiger partial charge in [0.05, 0.1) is 37.8 Å². The molecule has 1 amide bonds. The number of thiophene rings is 2. The van der Waals surface area contributed by atoms with E-state index in [2.05, 4.69) is 19.8 Å². The highest BCUT2D eigenvalue weighted by Gasteiger charge is 2.33. The molecular formula is C31H19N5O3S5. The number of fused-ring (bicyclic) bond motifs is 6. The van der Waals surface area contributed by atoms with Gasteiger partial charge < -0.3 is 4.74 Å². The van der Waals surface area contributed by atoms with Gasteiger partial charge in [-0.2, -0.15) is 8.75 Å². The first kappa shape index (κ1) is 27.5. The lowest BCUT2D eigenvalue weighted by atomic mass is 10.1. The molecule has 4 aromatic heterocycles. The molecule has 1 saturated heterocycles. The van der Waals surface area contributed by atoms with E-state index in [-0.39, 0.29) is 12.5 Å². The number of nitrogens with zero attached hydrogens (tertiary/aromatic N) is 5. The minimum absolute atomic E-state index is 0.177. The fourth-order valence-electron chi connectivity index (χ4n) is 5.32. The summed E-state index contributed by atoms with van der Waals surface area (Å²) in [6, 6.07) is 23.6. The Balaban J connectivity index is 1.25. The first-order valence-electron chi connectivity index (χ1n) is 13.6. The number of carbonyl (C=O) groups excluding carboxylic acids is 2. The van der Waals surface area contributed by atoms with Crippen molar-refractivity contribution < 1.29 is 14.3 Å². The van der Waals surface area contributed by atoms with Gasteiger partial charge >= 0.3 is 6.09 Å². The lowest BCUT2D eigenvalue weighted by Crippen LogP contribution is -2.29. The molecule has 216 valence electrons. The summed E-state index contributed by atoms with van der Waals surface area (Å²) >= 11 is 10.9. The molecule has 0 saturated carbocycles. The van der Waals surface area contributed by atoms with Crippen LogP contribution in [0.25, 0.3) is 52.0 Å². The number of carbonyl (C=O) groups is 2. The molecule has 0 unspecified atom stereocenters. The normalized spacial score (nSPS) is 14.8. The third-order valence-electron chi connectivity index (χ3n) is 7.37. The number of hydrogen-bond donors (Lipinski definition) is 0. The zero-order valence-electron chi connectivity index (χ0n) is 22.8. The van der Waals surface area contributed by atoms with E-state index in [1.807, 2.05) is 73.7 Å². The maximum Gasteiger partial charge on any atom is 0.419 e. The third-order valence-corrected chi connectivity index (χ3v) is 11.7. The van der Waals surface area contributed by atoms with E-state index >= 15 is 0 Å². The number of thiocarbonyl (C=S) groups is 1. The Labute approximate surface area is 271 Å². The number of thioether (sulfide) groups is 1. The van der Waals surface area contributed by atoms with Gasteiger partial charge in [0.25, 0.3) is 5.91 Å². The molecular weight excluding hydrogens is 651 g/mol. The number of aromatic nitrogens is 3. The lowest BCUT2D eigenvalue weighted by molar-refractivity contribution is -0.119. The predicted molar refractivity (Wildman–Crippen MR) is 186 cm³/mol. The summed E-state index contributed by atoms with van der Waals surface area (Å²) in [6.07, 6.45) is -0.425. The van der Waals surface area contributed by atoms with Crippen LogP contribution in [-0.2, 0) is 16.1 Å². The third kappa shape index (κ3) is 4.38. The highest BCUT2D eigenvalue weighted by atomic mass is 32.2. The van der Waals surface area contributed by atoms with E-state index in [9.17, 15) is 9.59 Å². The molecule has 13 heteroatoms. The molecule has 0 N–H and O–H groups in total. The van der Waals surface area contributed by atoms with Gasteiger partial charge in [-0.3, -0.25) is 9.69 Å². The van der Waals surface area contributed by atoms with Crippen LogP contribution in [0.5, 0.6) is 0 Å². The van der Waals surface area contributed by atoms with Crippen molar-refractivity contribution in [3.05, 3.63) is 78.4 Å². The van der Waals surface area contributed by atoms with Crippen molar-refractivity contribution in [2.75, 3.05) is 6.54 Å². The van der Waals surface area contributed by atoms with E-state index in [1.54, 1.807) is 27.2 Å². The van der Waals surface area contributed by atoms with Crippen molar-refractivity contribution in [1.29, 1.82) is 0 Å².